The summed E-state index contributed by atoms with van der Waals surface area (Å²) in [6.07, 6.45) is 0. The molecule has 1 atom stereocenters. The minimum absolute atomic E-state index is 0.0600. The van der Waals surface area contributed by atoms with Gasteiger partial charge < -0.3 is 19.5 Å². The maximum Gasteiger partial charge on any atom is 0.295 e. The van der Waals surface area contributed by atoms with Crippen molar-refractivity contribution in [3.8, 4) is 11.5 Å². The molecule has 0 saturated carbocycles. The molecule has 6 nitrogen and oxygen atoms in total. The highest BCUT2D eigenvalue weighted by atomic mass is 16.5. The van der Waals surface area contributed by atoms with Crippen molar-refractivity contribution in [3.05, 3.63) is 99.6 Å². The minimum atomic E-state index is -0.768. The van der Waals surface area contributed by atoms with Crippen molar-refractivity contribution in [3.63, 3.8) is 0 Å². The Balaban J connectivity index is 1.91. The van der Waals surface area contributed by atoms with E-state index in [-0.39, 0.29) is 23.3 Å². The molecule has 0 radical (unpaired) electrons. The topological polar surface area (TPSA) is 76.1 Å². The summed E-state index contributed by atoms with van der Waals surface area (Å²) in [4.78, 5) is 28.5. The Bertz CT molecular complexity index is 1410. The van der Waals surface area contributed by atoms with Crippen molar-refractivity contribution in [1.82, 2.24) is 4.90 Å². The van der Waals surface area contributed by atoms with Crippen LogP contribution in [0.5, 0.6) is 11.5 Å². The normalized spacial score (nSPS) is 17.1. The molecule has 0 aliphatic carbocycles. The van der Waals surface area contributed by atoms with Crippen LogP contribution in [-0.2, 0) is 21.5 Å². The van der Waals surface area contributed by atoms with Gasteiger partial charge in [-0.3, -0.25) is 9.59 Å². The van der Waals surface area contributed by atoms with Crippen LogP contribution in [0.3, 0.4) is 0 Å². The summed E-state index contributed by atoms with van der Waals surface area (Å²) in [5.41, 5.74) is 4.70. The van der Waals surface area contributed by atoms with E-state index in [2.05, 4.69) is 20.8 Å². The predicted octanol–water partition coefficient (Wildman–Crippen LogP) is 6.24. The monoisotopic (exact) mass is 513 g/mol. The lowest BCUT2D eigenvalue weighted by atomic mass is 9.85. The van der Waals surface area contributed by atoms with Gasteiger partial charge in [-0.2, -0.15) is 0 Å². The molecular formula is C32H35NO5. The summed E-state index contributed by atoms with van der Waals surface area (Å²) in [5.74, 6) is -0.262. The molecule has 198 valence electrons. The molecule has 6 heteroatoms. The smallest absolute Gasteiger partial charge is 0.295 e. The third-order valence-electron chi connectivity index (χ3n) is 7.16. The van der Waals surface area contributed by atoms with E-state index in [1.807, 2.05) is 68.4 Å². The molecule has 1 amide bonds. The molecule has 1 heterocycles. The van der Waals surface area contributed by atoms with Crippen LogP contribution in [0.15, 0.2) is 66.2 Å². The fourth-order valence-corrected chi connectivity index (χ4v) is 4.98. The Morgan fingerprint density at radius 1 is 0.895 bits per heavy atom. The van der Waals surface area contributed by atoms with Gasteiger partial charge in [-0.1, -0.05) is 63.2 Å². The quantitative estimate of drug-likeness (QED) is 0.240. The first-order valence-electron chi connectivity index (χ1n) is 12.6. The lowest BCUT2D eigenvalue weighted by Crippen LogP contribution is -2.29. The van der Waals surface area contributed by atoms with E-state index < -0.39 is 17.7 Å². The minimum Gasteiger partial charge on any atom is -0.507 e. The van der Waals surface area contributed by atoms with E-state index in [4.69, 9.17) is 9.47 Å². The Hall–Kier alpha value is -4.06. The molecule has 38 heavy (non-hydrogen) atoms. The number of hydrogen-bond acceptors (Lipinski definition) is 5. The highest BCUT2D eigenvalue weighted by Gasteiger charge is 2.46. The number of nitrogens with zero attached hydrogens (tertiary/aromatic N) is 1. The fourth-order valence-electron chi connectivity index (χ4n) is 4.98. The lowest BCUT2D eigenvalue weighted by Gasteiger charge is -2.27. The first-order chi connectivity index (χ1) is 18.0. The van der Waals surface area contributed by atoms with E-state index >= 15 is 0 Å². The number of hydrogen-bond donors (Lipinski definition) is 1. The predicted molar refractivity (Wildman–Crippen MR) is 148 cm³/mol. The first-order valence-corrected chi connectivity index (χ1v) is 12.6. The molecule has 0 aromatic heterocycles. The number of carbonyl (C=O) groups excluding carboxylic acids is 2. The lowest BCUT2D eigenvalue weighted by molar-refractivity contribution is -0.140. The van der Waals surface area contributed by atoms with Crippen molar-refractivity contribution in [2.45, 2.75) is 52.6 Å². The fraction of sp³-hybridized carbons (Fsp3) is 0.312. The Labute approximate surface area is 224 Å². The zero-order chi connectivity index (χ0) is 27.8. The summed E-state index contributed by atoms with van der Waals surface area (Å²) >= 11 is 0. The maximum atomic E-state index is 13.5. The van der Waals surface area contributed by atoms with E-state index in [1.165, 1.54) is 4.90 Å². The van der Waals surface area contributed by atoms with Gasteiger partial charge >= 0.3 is 0 Å². The molecule has 3 aromatic rings. The number of amides is 1. The maximum absolute atomic E-state index is 13.5. The van der Waals surface area contributed by atoms with Crippen LogP contribution < -0.4 is 9.47 Å². The molecule has 1 unspecified atom stereocenters. The van der Waals surface area contributed by atoms with Gasteiger partial charge in [0.25, 0.3) is 11.7 Å². The molecule has 0 bridgehead atoms. The largest absolute Gasteiger partial charge is 0.507 e. The molecule has 1 saturated heterocycles. The zero-order valence-electron chi connectivity index (χ0n) is 23.1. The number of carbonyl (C=O) groups is 2. The zero-order valence-corrected chi connectivity index (χ0v) is 23.1. The second-order valence-electron chi connectivity index (χ2n) is 10.7. The van der Waals surface area contributed by atoms with E-state index in [1.54, 1.807) is 20.3 Å². The summed E-state index contributed by atoms with van der Waals surface area (Å²) in [6.45, 7) is 10.3. The number of likely N-dealkylation sites (tertiary alicyclic amines) is 1. The molecule has 3 aromatic carbocycles. The summed E-state index contributed by atoms with van der Waals surface area (Å²) in [6, 6.07) is 18.2. The number of aliphatic hydroxyl groups is 1. The van der Waals surface area contributed by atoms with Crippen LogP contribution >= 0.6 is 0 Å². The highest BCUT2D eigenvalue weighted by molar-refractivity contribution is 6.46. The van der Waals surface area contributed by atoms with Crippen molar-refractivity contribution >= 4 is 17.4 Å². The molecule has 1 aliphatic heterocycles. The molecule has 1 aliphatic rings. The van der Waals surface area contributed by atoms with Gasteiger partial charge in [-0.25, -0.2) is 0 Å². The number of methoxy groups -OCH3 is 2. The van der Waals surface area contributed by atoms with Gasteiger partial charge in [0.1, 0.15) is 17.3 Å². The van der Waals surface area contributed by atoms with E-state index in [9.17, 15) is 14.7 Å². The van der Waals surface area contributed by atoms with Gasteiger partial charge in [-0.05, 0) is 59.7 Å². The van der Waals surface area contributed by atoms with Gasteiger partial charge in [0, 0.05) is 11.1 Å². The third-order valence-corrected chi connectivity index (χ3v) is 7.16. The molecule has 4 rings (SSSR count). The van der Waals surface area contributed by atoms with Gasteiger partial charge in [0.2, 0.25) is 0 Å². The van der Waals surface area contributed by atoms with Crippen LogP contribution in [0.4, 0.5) is 0 Å². The standard InChI is InChI=1S/C32H35NO5/c1-19-17-26(38-7)20(2)16-24(19)29(34)27-28(21-12-14-23(15-13-21)32(3,4)5)33(31(36)30(27)35)18-22-10-8-9-11-25(22)37-6/h8-17,28,34H,18H2,1-7H3/b29-27+. The van der Waals surface area contributed by atoms with Gasteiger partial charge in [-0.15, -0.1) is 0 Å². The van der Waals surface area contributed by atoms with Crippen LogP contribution in [-0.4, -0.2) is 35.9 Å². The van der Waals surface area contributed by atoms with Crippen LogP contribution in [0, 0.1) is 13.8 Å². The van der Waals surface area contributed by atoms with Crippen molar-refractivity contribution in [2.75, 3.05) is 14.2 Å². The van der Waals surface area contributed by atoms with Gasteiger partial charge in [0.15, 0.2) is 0 Å². The number of benzene rings is 3. The number of aryl methyl sites for hydroxylation is 2. The highest BCUT2D eigenvalue weighted by Crippen LogP contribution is 2.42. The van der Waals surface area contributed by atoms with Crippen LogP contribution in [0.2, 0.25) is 0 Å². The van der Waals surface area contributed by atoms with Crippen LogP contribution in [0.1, 0.15) is 60.2 Å². The number of ether oxygens (including phenoxy) is 2. The Kier molecular flexibility index (Phi) is 7.36. The van der Waals surface area contributed by atoms with Crippen molar-refractivity contribution < 1.29 is 24.2 Å². The summed E-state index contributed by atoms with van der Waals surface area (Å²) in [5, 5.41) is 11.6. The Morgan fingerprint density at radius 2 is 1.53 bits per heavy atom. The number of rotatable bonds is 6. The van der Waals surface area contributed by atoms with E-state index in [0.29, 0.717) is 17.1 Å². The average Bonchev–Trinajstić information content (AvgIpc) is 3.14. The molecule has 1 fully saturated rings. The van der Waals surface area contributed by atoms with Crippen molar-refractivity contribution in [2.24, 2.45) is 0 Å². The van der Waals surface area contributed by atoms with Crippen molar-refractivity contribution in [1.29, 1.82) is 0 Å². The molecule has 0 spiro atoms. The summed E-state index contributed by atoms with van der Waals surface area (Å²) in [7, 11) is 3.16. The number of aliphatic hydroxyl groups excluding tert-OH is 1. The molecular weight excluding hydrogens is 478 g/mol. The van der Waals surface area contributed by atoms with Gasteiger partial charge in [0.05, 0.1) is 32.4 Å². The average molecular weight is 514 g/mol. The first kappa shape index (κ1) is 27.0. The number of Topliss-reactive ketones (excluding diaryl/α,β-unsaturated/α-hetero) is 1. The Morgan fingerprint density at radius 3 is 2.13 bits per heavy atom. The van der Waals surface area contributed by atoms with Crippen LogP contribution in [0.25, 0.3) is 5.76 Å². The number of ketones is 1. The SMILES string of the molecule is COc1cc(C)c(/C(O)=C2\C(=O)C(=O)N(Cc3ccccc3OC)C2c2ccc(C(C)(C)C)cc2)cc1C. The second-order valence-corrected chi connectivity index (χ2v) is 10.7. The number of para-hydroxylation sites is 1. The second kappa shape index (κ2) is 10.4. The molecule has 1 N–H and O–H groups in total. The summed E-state index contributed by atoms with van der Waals surface area (Å²) < 4.78 is 10.9. The third kappa shape index (κ3) is 4.91. The van der Waals surface area contributed by atoms with E-state index in [0.717, 1.165) is 27.8 Å².